The van der Waals surface area contributed by atoms with Crippen LogP contribution >= 0.6 is 11.6 Å². The standard InChI is InChI=1S/C4H4ClFO3/c5-3-4(6)9-2(1-7)8-3/h1-4H. The van der Waals surface area contributed by atoms with E-state index in [-0.39, 0.29) is 0 Å². The molecule has 0 saturated carbocycles. The summed E-state index contributed by atoms with van der Waals surface area (Å²) in [6, 6.07) is 0. The first-order chi connectivity index (χ1) is 4.24. The number of hydrogen-bond acceptors (Lipinski definition) is 3. The molecule has 0 N–H and O–H groups in total. The SMILES string of the molecule is O=CC1OC(F)C(Cl)O1. The fourth-order valence-electron chi connectivity index (χ4n) is 0.476. The topological polar surface area (TPSA) is 35.5 Å². The van der Waals surface area contributed by atoms with Crippen LogP contribution in [0.1, 0.15) is 0 Å². The van der Waals surface area contributed by atoms with Crippen LogP contribution in [-0.4, -0.2) is 24.5 Å². The van der Waals surface area contributed by atoms with Gasteiger partial charge in [-0.2, -0.15) is 0 Å². The highest BCUT2D eigenvalue weighted by atomic mass is 35.5. The maximum atomic E-state index is 12.1. The average Bonchev–Trinajstić information content (AvgIpc) is 2.13. The molecule has 9 heavy (non-hydrogen) atoms. The first-order valence-corrected chi connectivity index (χ1v) is 2.72. The van der Waals surface area contributed by atoms with Gasteiger partial charge in [-0.05, 0) is 0 Å². The van der Waals surface area contributed by atoms with Crippen molar-refractivity contribution in [1.29, 1.82) is 0 Å². The molecule has 0 spiro atoms. The summed E-state index contributed by atoms with van der Waals surface area (Å²) in [7, 11) is 0. The Kier molecular flexibility index (Phi) is 2.00. The van der Waals surface area contributed by atoms with Gasteiger partial charge in [-0.1, -0.05) is 11.6 Å². The Morgan fingerprint density at radius 2 is 2.22 bits per heavy atom. The van der Waals surface area contributed by atoms with Crippen molar-refractivity contribution in [3.05, 3.63) is 0 Å². The quantitative estimate of drug-likeness (QED) is 0.406. The van der Waals surface area contributed by atoms with E-state index in [2.05, 4.69) is 9.47 Å². The fourth-order valence-corrected chi connectivity index (χ4v) is 0.637. The predicted octanol–water partition coefficient (Wildman–Crippen LogP) is 0.419. The van der Waals surface area contributed by atoms with Gasteiger partial charge in [0.25, 0.3) is 0 Å². The number of carbonyl (C=O) groups excluding carboxylic acids is 1. The van der Waals surface area contributed by atoms with Gasteiger partial charge in [0.15, 0.2) is 11.8 Å². The monoisotopic (exact) mass is 154 g/mol. The second-order valence-electron chi connectivity index (χ2n) is 1.48. The summed E-state index contributed by atoms with van der Waals surface area (Å²) < 4.78 is 20.8. The summed E-state index contributed by atoms with van der Waals surface area (Å²) in [4.78, 5) is 9.82. The average molecular weight is 155 g/mol. The highest BCUT2D eigenvalue weighted by Crippen LogP contribution is 2.21. The Morgan fingerprint density at radius 1 is 1.56 bits per heavy atom. The molecule has 0 aliphatic carbocycles. The van der Waals surface area contributed by atoms with Gasteiger partial charge in [-0.25, -0.2) is 4.39 Å². The largest absolute Gasteiger partial charge is 0.321 e. The van der Waals surface area contributed by atoms with E-state index in [0.29, 0.717) is 6.29 Å². The minimum absolute atomic E-state index is 0.342. The van der Waals surface area contributed by atoms with E-state index in [1.807, 2.05) is 0 Å². The van der Waals surface area contributed by atoms with Gasteiger partial charge >= 0.3 is 0 Å². The number of ether oxygens (including phenoxy) is 2. The Hall–Kier alpha value is -0.190. The molecular weight excluding hydrogens is 150 g/mol. The van der Waals surface area contributed by atoms with Gasteiger partial charge < -0.3 is 9.47 Å². The molecule has 1 aliphatic rings. The molecule has 1 heterocycles. The van der Waals surface area contributed by atoms with Crippen molar-refractivity contribution < 1.29 is 18.7 Å². The van der Waals surface area contributed by atoms with Crippen LogP contribution < -0.4 is 0 Å². The van der Waals surface area contributed by atoms with Crippen LogP contribution in [0.15, 0.2) is 0 Å². The molecule has 0 aromatic heterocycles. The molecule has 0 amide bonds. The zero-order valence-electron chi connectivity index (χ0n) is 4.29. The van der Waals surface area contributed by atoms with Crippen molar-refractivity contribution in [2.75, 3.05) is 0 Å². The van der Waals surface area contributed by atoms with Gasteiger partial charge in [0.05, 0.1) is 0 Å². The number of alkyl halides is 2. The molecule has 3 atom stereocenters. The first kappa shape index (κ1) is 6.92. The van der Waals surface area contributed by atoms with Crippen LogP contribution in [-0.2, 0) is 14.3 Å². The van der Waals surface area contributed by atoms with E-state index in [9.17, 15) is 9.18 Å². The summed E-state index contributed by atoms with van der Waals surface area (Å²) in [5.74, 6) is 0. The lowest BCUT2D eigenvalue weighted by atomic mass is 10.7. The maximum absolute atomic E-state index is 12.1. The molecule has 1 aliphatic heterocycles. The summed E-state index contributed by atoms with van der Waals surface area (Å²) in [5.41, 5.74) is -1.15. The fraction of sp³-hybridized carbons (Fsp3) is 0.750. The molecule has 0 aromatic carbocycles. The van der Waals surface area contributed by atoms with E-state index in [1.54, 1.807) is 0 Å². The maximum Gasteiger partial charge on any atom is 0.242 e. The van der Waals surface area contributed by atoms with Crippen LogP contribution in [0.25, 0.3) is 0 Å². The minimum atomic E-state index is -1.69. The Balaban J connectivity index is 2.43. The van der Waals surface area contributed by atoms with Crippen LogP contribution in [0.3, 0.4) is 0 Å². The van der Waals surface area contributed by atoms with Crippen LogP contribution in [0.2, 0.25) is 0 Å². The van der Waals surface area contributed by atoms with Gasteiger partial charge in [0, 0.05) is 0 Å². The van der Waals surface area contributed by atoms with Crippen molar-refractivity contribution in [3.8, 4) is 0 Å². The lowest BCUT2D eigenvalue weighted by molar-refractivity contribution is -0.137. The van der Waals surface area contributed by atoms with E-state index in [1.165, 1.54) is 0 Å². The van der Waals surface area contributed by atoms with Gasteiger partial charge in [0.2, 0.25) is 12.6 Å². The number of aldehydes is 1. The lowest BCUT2D eigenvalue weighted by Crippen LogP contribution is -2.09. The molecule has 1 saturated heterocycles. The summed E-state index contributed by atoms with van der Waals surface area (Å²) >= 11 is 5.16. The van der Waals surface area contributed by atoms with Gasteiger partial charge in [-0.15, -0.1) is 0 Å². The zero-order valence-corrected chi connectivity index (χ0v) is 5.05. The molecule has 52 valence electrons. The third-order valence-electron chi connectivity index (χ3n) is 0.845. The second-order valence-corrected chi connectivity index (χ2v) is 1.91. The number of carbonyl (C=O) groups is 1. The normalized spacial score (nSPS) is 43.1. The lowest BCUT2D eigenvalue weighted by Gasteiger charge is -1.95. The molecule has 3 nitrogen and oxygen atoms in total. The number of halogens is 2. The van der Waals surface area contributed by atoms with E-state index < -0.39 is 18.2 Å². The van der Waals surface area contributed by atoms with Crippen molar-refractivity contribution in [2.45, 2.75) is 18.2 Å². The number of hydrogen-bond donors (Lipinski definition) is 0. The van der Waals surface area contributed by atoms with E-state index in [0.717, 1.165) is 0 Å². The summed E-state index contributed by atoms with van der Waals surface area (Å²) in [6.45, 7) is 0. The third-order valence-corrected chi connectivity index (χ3v) is 1.15. The van der Waals surface area contributed by atoms with Crippen LogP contribution in [0.4, 0.5) is 4.39 Å². The zero-order chi connectivity index (χ0) is 6.85. The van der Waals surface area contributed by atoms with Crippen molar-refractivity contribution in [1.82, 2.24) is 0 Å². The Morgan fingerprint density at radius 3 is 2.44 bits per heavy atom. The van der Waals surface area contributed by atoms with E-state index >= 15 is 0 Å². The van der Waals surface area contributed by atoms with Crippen molar-refractivity contribution in [3.63, 3.8) is 0 Å². The molecule has 0 aromatic rings. The van der Waals surface area contributed by atoms with Gasteiger partial charge in [0.1, 0.15) is 0 Å². The van der Waals surface area contributed by atoms with Gasteiger partial charge in [-0.3, -0.25) is 4.79 Å². The Labute approximate surface area is 55.7 Å². The highest BCUT2D eigenvalue weighted by molar-refractivity contribution is 6.20. The molecule has 1 rings (SSSR count). The molecular formula is C4H4ClFO3. The smallest absolute Gasteiger partial charge is 0.242 e. The molecule has 5 heteroatoms. The van der Waals surface area contributed by atoms with E-state index in [4.69, 9.17) is 11.6 Å². The third kappa shape index (κ3) is 1.38. The number of rotatable bonds is 1. The Bertz CT molecular complexity index is 110. The summed E-state index contributed by atoms with van der Waals surface area (Å²) in [6.07, 6.45) is -2.49. The molecule has 0 bridgehead atoms. The molecule has 1 fully saturated rings. The first-order valence-electron chi connectivity index (χ1n) is 2.28. The van der Waals surface area contributed by atoms with Crippen molar-refractivity contribution >= 4 is 17.9 Å². The van der Waals surface area contributed by atoms with Crippen LogP contribution in [0.5, 0.6) is 0 Å². The minimum Gasteiger partial charge on any atom is -0.321 e. The molecule has 3 unspecified atom stereocenters. The van der Waals surface area contributed by atoms with Crippen LogP contribution in [0, 0.1) is 0 Å². The van der Waals surface area contributed by atoms with Crippen molar-refractivity contribution in [2.24, 2.45) is 0 Å². The predicted molar refractivity (Wildman–Crippen MR) is 26.6 cm³/mol. The second kappa shape index (κ2) is 2.60. The summed E-state index contributed by atoms with van der Waals surface area (Å²) in [5, 5.41) is 0. The molecule has 0 radical (unpaired) electrons. The highest BCUT2D eigenvalue weighted by Gasteiger charge is 2.34.